The van der Waals surface area contributed by atoms with Crippen molar-refractivity contribution < 1.29 is 31.1 Å². The number of nitrogens with zero attached hydrogens (tertiary/aromatic N) is 2. The Labute approximate surface area is 191 Å². The number of rotatable bonds is 7. The number of hydrogen-bond donors (Lipinski definition) is 1. The molecule has 1 amide bonds. The van der Waals surface area contributed by atoms with Crippen LogP contribution in [0.4, 0.5) is 13.2 Å². The van der Waals surface area contributed by atoms with Gasteiger partial charge in [0, 0.05) is 38.3 Å². The number of carbonyl (C=O) groups is 1. The third-order valence-corrected chi connectivity index (χ3v) is 7.38. The van der Waals surface area contributed by atoms with Crippen LogP contribution in [0, 0.1) is 13.8 Å². The van der Waals surface area contributed by atoms with E-state index in [1.807, 2.05) is 17.9 Å². The second kappa shape index (κ2) is 10.1. The topological polar surface area (TPSA) is 79.0 Å². The number of carbonyl (C=O) groups excluding carboxylic acids is 1. The summed E-state index contributed by atoms with van der Waals surface area (Å²) in [5, 5.41) is 2.59. The van der Waals surface area contributed by atoms with Crippen LogP contribution in [-0.4, -0.2) is 62.6 Å². The highest BCUT2D eigenvalue weighted by Crippen LogP contribution is 2.26. The fraction of sp³-hybridized carbons (Fsp3) is 0.409. The van der Waals surface area contributed by atoms with Gasteiger partial charge in [0.15, 0.2) is 0 Å². The van der Waals surface area contributed by atoms with Gasteiger partial charge in [-0.3, -0.25) is 9.69 Å². The van der Waals surface area contributed by atoms with Crippen molar-refractivity contribution in [3.05, 3.63) is 59.2 Å². The number of hydrogen-bond acceptors (Lipinski definition) is 5. The van der Waals surface area contributed by atoms with Gasteiger partial charge in [0.2, 0.25) is 15.9 Å². The molecule has 7 nitrogen and oxygen atoms in total. The summed E-state index contributed by atoms with van der Waals surface area (Å²) in [4.78, 5) is 14.4. The summed E-state index contributed by atoms with van der Waals surface area (Å²) in [6.45, 7) is 4.77. The highest BCUT2D eigenvalue weighted by molar-refractivity contribution is 7.89. The van der Waals surface area contributed by atoms with Crippen LogP contribution in [0.1, 0.15) is 16.7 Å². The van der Waals surface area contributed by atoms with Crippen molar-refractivity contribution in [2.45, 2.75) is 31.7 Å². The molecule has 1 fully saturated rings. The molecule has 33 heavy (non-hydrogen) atoms. The van der Waals surface area contributed by atoms with Crippen molar-refractivity contribution >= 4 is 15.9 Å². The molecular formula is C22H26F3N3O4S. The van der Waals surface area contributed by atoms with E-state index in [2.05, 4.69) is 10.1 Å². The zero-order valence-corrected chi connectivity index (χ0v) is 19.2. The first kappa shape index (κ1) is 25.0. The van der Waals surface area contributed by atoms with Gasteiger partial charge in [-0.25, -0.2) is 8.42 Å². The zero-order chi connectivity index (χ0) is 24.2. The Morgan fingerprint density at radius 2 is 1.73 bits per heavy atom. The van der Waals surface area contributed by atoms with Crippen LogP contribution in [0.15, 0.2) is 47.4 Å². The third kappa shape index (κ3) is 6.68. The van der Waals surface area contributed by atoms with Crippen LogP contribution in [0.5, 0.6) is 5.75 Å². The molecule has 2 aromatic carbocycles. The Morgan fingerprint density at radius 3 is 2.36 bits per heavy atom. The maximum Gasteiger partial charge on any atom is 0.573 e. The third-order valence-electron chi connectivity index (χ3n) is 5.32. The lowest BCUT2D eigenvalue weighted by Crippen LogP contribution is -2.51. The fourth-order valence-electron chi connectivity index (χ4n) is 3.68. The average molecular weight is 486 g/mol. The highest BCUT2D eigenvalue weighted by Gasteiger charge is 2.32. The summed E-state index contributed by atoms with van der Waals surface area (Å²) in [5.74, 6) is -0.738. The molecule has 1 N–H and O–H groups in total. The summed E-state index contributed by atoms with van der Waals surface area (Å²) < 4.78 is 68.9. The molecule has 1 aliphatic heterocycles. The smallest absolute Gasteiger partial charge is 0.405 e. The maximum absolute atomic E-state index is 13.0. The van der Waals surface area contributed by atoms with Gasteiger partial charge >= 0.3 is 6.36 Å². The normalized spacial score (nSPS) is 15.9. The number of halogens is 3. The number of sulfonamides is 1. The van der Waals surface area contributed by atoms with Crippen LogP contribution < -0.4 is 10.1 Å². The van der Waals surface area contributed by atoms with Gasteiger partial charge in [-0.1, -0.05) is 35.9 Å². The van der Waals surface area contributed by atoms with Crippen LogP contribution in [0.3, 0.4) is 0 Å². The number of aryl methyl sites for hydroxylation is 2. The number of amides is 1. The lowest BCUT2D eigenvalue weighted by atomic mass is 10.2. The zero-order valence-electron chi connectivity index (χ0n) is 18.4. The first-order valence-electron chi connectivity index (χ1n) is 10.4. The Balaban J connectivity index is 1.52. The van der Waals surface area contributed by atoms with Crippen molar-refractivity contribution in [3.8, 4) is 5.75 Å². The summed E-state index contributed by atoms with van der Waals surface area (Å²) in [6.07, 6.45) is -4.82. The van der Waals surface area contributed by atoms with E-state index in [1.165, 1.54) is 22.5 Å². The van der Waals surface area contributed by atoms with Crippen molar-refractivity contribution in [2.75, 3.05) is 32.7 Å². The molecular weight excluding hydrogens is 459 g/mol. The Morgan fingerprint density at radius 1 is 1.06 bits per heavy atom. The van der Waals surface area contributed by atoms with Gasteiger partial charge in [-0.05, 0) is 31.5 Å². The summed E-state index contributed by atoms with van der Waals surface area (Å²) in [5.41, 5.74) is 1.87. The Kier molecular flexibility index (Phi) is 7.65. The standard InChI is InChI=1S/C22H26F3N3O4S/c1-16-7-8-20(17(2)13-16)33(30,31)28-11-9-27(10-12-28)15-21(29)26-14-18-5-3-4-6-19(18)32-22(23,24)25/h3-8,13H,9-12,14-15H2,1-2H3,(H,26,29). The molecule has 0 bridgehead atoms. The van der Waals surface area contributed by atoms with Gasteiger partial charge in [0.05, 0.1) is 11.4 Å². The molecule has 0 aromatic heterocycles. The molecule has 0 aliphatic carbocycles. The first-order valence-corrected chi connectivity index (χ1v) is 11.8. The molecule has 180 valence electrons. The predicted molar refractivity (Wildman–Crippen MR) is 116 cm³/mol. The number of para-hydroxylation sites is 1. The van der Waals surface area contributed by atoms with Crippen LogP contribution in [0.25, 0.3) is 0 Å². The van der Waals surface area contributed by atoms with Gasteiger partial charge in [0.25, 0.3) is 0 Å². The molecule has 1 heterocycles. The summed E-state index contributed by atoms with van der Waals surface area (Å²) in [7, 11) is -3.63. The van der Waals surface area contributed by atoms with Crippen LogP contribution in [-0.2, 0) is 21.4 Å². The van der Waals surface area contributed by atoms with Crippen molar-refractivity contribution in [1.82, 2.24) is 14.5 Å². The van der Waals surface area contributed by atoms with E-state index in [9.17, 15) is 26.4 Å². The van der Waals surface area contributed by atoms with Gasteiger partial charge in [-0.15, -0.1) is 13.2 Å². The minimum atomic E-state index is -4.82. The second-order valence-corrected chi connectivity index (χ2v) is 9.79. The van der Waals surface area contributed by atoms with Gasteiger partial charge in [0.1, 0.15) is 5.75 Å². The molecule has 1 aliphatic rings. The minimum Gasteiger partial charge on any atom is -0.405 e. The van der Waals surface area contributed by atoms with Gasteiger partial charge < -0.3 is 10.1 Å². The molecule has 0 spiro atoms. The molecule has 0 radical (unpaired) electrons. The van der Waals surface area contributed by atoms with Gasteiger partial charge in [-0.2, -0.15) is 4.31 Å². The van der Waals surface area contributed by atoms with E-state index in [4.69, 9.17) is 0 Å². The largest absolute Gasteiger partial charge is 0.573 e. The first-order chi connectivity index (χ1) is 15.5. The summed E-state index contributed by atoms with van der Waals surface area (Å²) in [6, 6.07) is 10.8. The molecule has 0 unspecified atom stereocenters. The number of benzene rings is 2. The van der Waals surface area contributed by atoms with E-state index in [1.54, 1.807) is 25.1 Å². The highest BCUT2D eigenvalue weighted by atomic mass is 32.2. The van der Waals surface area contributed by atoms with E-state index in [0.29, 0.717) is 18.7 Å². The molecule has 11 heteroatoms. The number of ether oxygens (including phenoxy) is 1. The average Bonchev–Trinajstić information content (AvgIpc) is 2.72. The fourth-order valence-corrected chi connectivity index (χ4v) is 5.31. The molecule has 0 saturated carbocycles. The Hall–Kier alpha value is -2.63. The number of alkyl halides is 3. The van der Waals surface area contributed by atoms with E-state index >= 15 is 0 Å². The van der Waals surface area contributed by atoms with Crippen molar-refractivity contribution in [2.24, 2.45) is 0 Å². The monoisotopic (exact) mass is 485 g/mol. The molecule has 1 saturated heterocycles. The minimum absolute atomic E-state index is 0.0136. The molecule has 2 aromatic rings. The maximum atomic E-state index is 13.0. The van der Waals surface area contributed by atoms with Crippen molar-refractivity contribution in [1.29, 1.82) is 0 Å². The van der Waals surface area contributed by atoms with E-state index in [0.717, 1.165) is 5.56 Å². The lowest BCUT2D eigenvalue weighted by molar-refractivity contribution is -0.274. The van der Waals surface area contributed by atoms with Crippen LogP contribution >= 0.6 is 0 Å². The molecule has 0 atom stereocenters. The van der Waals surface area contributed by atoms with E-state index < -0.39 is 16.4 Å². The predicted octanol–water partition coefficient (Wildman–Crippen LogP) is 2.82. The second-order valence-electron chi connectivity index (χ2n) is 7.88. The summed E-state index contributed by atoms with van der Waals surface area (Å²) >= 11 is 0. The Bertz CT molecular complexity index is 1100. The molecule has 3 rings (SSSR count). The quantitative estimate of drug-likeness (QED) is 0.653. The van der Waals surface area contributed by atoms with E-state index in [-0.39, 0.29) is 48.3 Å². The van der Waals surface area contributed by atoms with Crippen molar-refractivity contribution in [3.63, 3.8) is 0 Å². The number of piperazine rings is 1. The number of nitrogens with one attached hydrogen (secondary N) is 1. The SMILES string of the molecule is Cc1ccc(S(=O)(=O)N2CCN(CC(=O)NCc3ccccc3OC(F)(F)F)CC2)c(C)c1. The van der Waals surface area contributed by atoms with Crippen LogP contribution in [0.2, 0.25) is 0 Å². The lowest BCUT2D eigenvalue weighted by Gasteiger charge is -2.33.